The number of imidazole rings is 1. The maximum atomic E-state index is 4.48. The Hall–Kier alpha value is -1.84. The fourth-order valence-corrected chi connectivity index (χ4v) is 2.08. The quantitative estimate of drug-likeness (QED) is 0.875. The van der Waals surface area contributed by atoms with Crippen LogP contribution in [0.1, 0.15) is 31.0 Å². The first kappa shape index (κ1) is 11.3. The lowest BCUT2D eigenvalue weighted by Gasteiger charge is -2.11. The van der Waals surface area contributed by atoms with Crippen molar-refractivity contribution in [3.05, 3.63) is 42.0 Å². The molecule has 2 aromatic rings. The highest BCUT2D eigenvalue weighted by atomic mass is 15.2. The molecule has 2 heterocycles. The van der Waals surface area contributed by atoms with Crippen LogP contribution in [0, 0.1) is 0 Å². The lowest BCUT2D eigenvalue weighted by molar-refractivity contribution is 0.761. The molecular formula is C14H18N4. The first-order chi connectivity index (χ1) is 8.86. The molecule has 1 fully saturated rings. The number of pyridine rings is 1. The van der Waals surface area contributed by atoms with Gasteiger partial charge in [-0.3, -0.25) is 4.98 Å². The molecule has 0 aliphatic heterocycles. The van der Waals surface area contributed by atoms with E-state index in [1.807, 2.05) is 24.7 Å². The van der Waals surface area contributed by atoms with E-state index < -0.39 is 0 Å². The summed E-state index contributed by atoms with van der Waals surface area (Å²) >= 11 is 0. The maximum absolute atomic E-state index is 4.48. The predicted molar refractivity (Wildman–Crippen MR) is 71.6 cm³/mol. The van der Waals surface area contributed by atoms with Crippen LogP contribution in [0.15, 0.2) is 30.7 Å². The maximum Gasteiger partial charge on any atom is 0.203 e. The molecule has 2 aromatic heterocycles. The van der Waals surface area contributed by atoms with E-state index >= 15 is 0 Å². The van der Waals surface area contributed by atoms with Gasteiger partial charge in [-0.15, -0.1) is 0 Å². The van der Waals surface area contributed by atoms with Crippen LogP contribution in [-0.2, 0) is 13.0 Å². The normalized spacial score (nSPS) is 14.7. The average Bonchev–Trinajstić information content (AvgIpc) is 3.11. The zero-order valence-corrected chi connectivity index (χ0v) is 10.6. The van der Waals surface area contributed by atoms with Gasteiger partial charge >= 0.3 is 0 Å². The topological polar surface area (TPSA) is 42.7 Å². The fraction of sp³-hybridized carbons (Fsp3) is 0.429. The summed E-state index contributed by atoms with van der Waals surface area (Å²) in [5.41, 5.74) is 2.44. The molecule has 0 bridgehead atoms. The number of hydrogen-bond acceptors (Lipinski definition) is 3. The number of nitrogens with one attached hydrogen (secondary N) is 1. The molecule has 94 valence electrons. The van der Waals surface area contributed by atoms with E-state index in [0.717, 1.165) is 24.6 Å². The second-order valence-corrected chi connectivity index (χ2v) is 4.76. The van der Waals surface area contributed by atoms with E-state index in [2.05, 4.69) is 32.8 Å². The lowest BCUT2D eigenvalue weighted by atomic mass is 10.1. The van der Waals surface area contributed by atoms with E-state index in [9.17, 15) is 0 Å². The summed E-state index contributed by atoms with van der Waals surface area (Å²) in [7, 11) is 0. The van der Waals surface area contributed by atoms with E-state index in [4.69, 9.17) is 0 Å². The van der Waals surface area contributed by atoms with Crippen molar-refractivity contribution in [3.63, 3.8) is 0 Å². The number of aromatic nitrogens is 3. The summed E-state index contributed by atoms with van der Waals surface area (Å²) in [5, 5.41) is 3.45. The summed E-state index contributed by atoms with van der Waals surface area (Å²) in [6, 6.07) is 4.77. The lowest BCUT2D eigenvalue weighted by Crippen LogP contribution is -2.11. The van der Waals surface area contributed by atoms with Gasteiger partial charge in [0.25, 0.3) is 0 Å². The molecule has 0 atom stereocenters. The van der Waals surface area contributed by atoms with Crippen molar-refractivity contribution in [2.45, 2.75) is 38.8 Å². The number of nitrogens with zero attached hydrogens (tertiary/aromatic N) is 3. The summed E-state index contributed by atoms with van der Waals surface area (Å²) in [6.45, 7) is 2.96. The molecule has 0 spiro atoms. The van der Waals surface area contributed by atoms with Gasteiger partial charge in [0.15, 0.2) is 0 Å². The highest BCUT2D eigenvalue weighted by Gasteiger charge is 2.22. The van der Waals surface area contributed by atoms with E-state index in [0.29, 0.717) is 6.04 Å². The van der Waals surface area contributed by atoms with Crippen molar-refractivity contribution < 1.29 is 0 Å². The van der Waals surface area contributed by atoms with Gasteiger partial charge in [-0.05, 0) is 30.9 Å². The molecule has 18 heavy (non-hydrogen) atoms. The summed E-state index contributed by atoms with van der Waals surface area (Å²) < 4.78 is 2.14. The minimum Gasteiger partial charge on any atom is -0.353 e. The summed E-state index contributed by atoms with van der Waals surface area (Å²) in [4.78, 5) is 8.86. The molecular weight excluding hydrogens is 224 g/mol. The summed E-state index contributed by atoms with van der Waals surface area (Å²) in [5.74, 6) is 0.963. The second kappa shape index (κ2) is 4.80. The smallest absolute Gasteiger partial charge is 0.203 e. The van der Waals surface area contributed by atoms with Crippen LogP contribution in [0.2, 0.25) is 0 Å². The van der Waals surface area contributed by atoms with Crippen LogP contribution in [0.4, 0.5) is 5.95 Å². The van der Waals surface area contributed by atoms with Gasteiger partial charge in [-0.2, -0.15) is 0 Å². The average molecular weight is 242 g/mol. The zero-order chi connectivity index (χ0) is 12.4. The number of aryl methyl sites for hydroxylation is 1. The Balaban J connectivity index is 1.80. The van der Waals surface area contributed by atoms with Crippen molar-refractivity contribution in [1.29, 1.82) is 0 Å². The van der Waals surface area contributed by atoms with Gasteiger partial charge in [0, 0.05) is 24.6 Å². The highest BCUT2D eigenvalue weighted by molar-refractivity contribution is 5.31. The van der Waals surface area contributed by atoms with Gasteiger partial charge in [0.05, 0.1) is 12.2 Å². The molecule has 0 radical (unpaired) electrons. The number of anilines is 1. The highest BCUT2D eigenvalue weighted by Crippen LogP contribution is 2.24. The van der Waals surface area contributed by atoms with Crippen LogP contribution in [0.25, 0.3) is 0 Å². The Morgan fingerprint density at radius 3 is 3.00 bits per heavy atom. The Bertz CT molecular complexity index is 528. The minimum absolute atomic E-state index is 0.625. The van der Waals surface area contributed by atoms with Crippen LogP contribution < -0.4 is 5.32 Å². The van der Waals surface area contributed by atoms with E-state index in [1.54, 1.807) is 0 Å². The molecule has 1 N–H and O–H groups in total. The largest absolute Gasteiger partial charge is 0.353 e. The Morgan fingerprint density at radius 2 is 2.22 bits per heavy atom. The first-order valence-corrected chi connectivity index (χ1v) is 6.57. The molecule has 0 aromatic carbocycles. The summed E-state index contributed by atoms with van der Waals surface area (Å²) in [6.07, 6.45) is 9.26. The second-order valence-electron chi connectivity index (χ2n) is 4.76. The van der Waals surface area contributed by atoms with Gasteiger partial charge in [0.2, 0.25) is 5.95 Å². The predicted octanol–water partition coefficient (Wildman–Crippen LogP) is 2.46. The number of hydrogen-bond donors (Lipinski definition) is 1. The molecule has 3 rings (SSSR count). The first-order valence-electron chi connectivity index (χ1n) is 6.57. The van der Waals surface area contributed by atoms with Gasteiger partial charge in [0.1, 0.15) is 0 Å². The van der Waals surface area contributed by atoms with E-state index in [1.165, 1.54) is 18.4 Å². The Labute approximate surface area is 107 Å². The fourth-order valence-electron chi connectivity index (χ4n) is 2.08. The molecule has 1 aliphatic carbocycles. The van der Waals surface area contributed by atoms with Crippen LogP contribution in [-0.4, -0.2) is 20.6 Å². The van der Waals surface area contributed by atoms with Crippen molar-refractivity contribution in [2.24, 2.45) is 0 Å². The number of rotatable bonds is 5. The van der Waals surface area contributed by atoms with Crippen LogP contribution in [0.5, 0.6) is 0 Å². The van der Waals surface area contributed by atoms with Crippen LogP contribution in [0.3, 0.4) is 0 Å². The Kier molecular flexibility index (Phi) is 3.00. The molecule has 4 nitrogen and oxygen atoms in total. The molecule has 0 unspecified atom stereocenters. The van der Waals surface area contributed by atoms with Gasteiger partial charge in [-0.25, -0.2) is 4.98 Å². The van der Waals surface area contributed by atoms with Crippen LogP contribution >= 0.6 is 0 Å². The third-order valence-electron chi connectivity index (χ3n) is 3.31. The molecule has 4 heteroatoms. The monoisotopic (exact) mass is 242 g/mol. The van der Waals surface area contributed by atoms with E-state index in [-0.39, 0.29) is 0 Å². The molecule has 1 aliphatic rings. The van der Waals surface area contributed by atoms with Crippen molar-refractivity contribution in [2.75, 3.05) is 5.32 Å². The van der Waals surface area contributed by atoms with Gasteiger partial charge < -0.3 is 9.88 Å². The van der Waals surface area contributed by atoms with Crippen molar-refractivity contribution in [3.8, 4) is 0 Å². The zero-order valence-electron chi connectivity index (χ0n) is 10.6. The van der Waals surface area contributed by atoms with Crippen molar-refractivity contribution in [1.82, 2.24) is 14.5 Å². The standard InChI is InChI=1S/C14H18N4/c1-2-11-4-3-7-15-13(11)10-18-9-8-16-14(18)17-12-5-6-12/h3-4,7-9,12H,2,5-6,10H2,1H3,(H,16,17). The van der Waals surface area contributed by atoms with Gasteiger partial charge in [-0.1, -0.05) is 13.0 Å². The minimum atomic E-state index is 0.625. The molecule has 0 saturated heterocycles. The third kappa shape index (κ3) is 2.37. The third-order valence-corrected chi connectivity index (χ3v) is 3.31. The SMILES string of the molecule is CCc1cccnc1Cn1ccnc1NC1CC1. The molecule has 0 amide bonds. The Morgan fingerprint density at radius 1 is 1.33 bits per heavy atom. The molecule has 1 saturated carbocycles. The van der Waals surface area contributed by atoms with Crippen molar-refractivity contribution >= 4 is 5.95 Å².